The van der Waals surface area contributed by atoms with E-state index in [-0.39, 0.29) is 23.7 Å². The van der Waals surface area contributed by atoms with Crippen LogP contribution in [0, 0.1) is 0 Å². The predicted octanol–water partition coefficient (Wildman–Crippen LogP) is 0.877. The number of aromatic nitrogens is 1. The van der Waals surface area contributed by atoms with E-state index in [1.54, 1.807) is 11.9 Å². The highest BCUT2D eigenvalue weighted by Crippen LogP contribution is 2.19. The van der Waals surface area contributed by atoms with Crippen molar-refractivity contribution < 1.29 is 19.7 Å². The quantitative estimate of drug-likeness (QED) is 0.801. The van der Waals surface area contributed by atoms with E-state index in [1.165, 1.54) is 19.4 Å². The molecule has 0 spiro atoms. The molecule has 1 aromatic heterocycles. The Labute approximate surface area is 110 Å². The fourth-order valence-electron chi connectivity index (χ4n) is 1.46. The molecule has 1 unspecified atom stereocenters. The number of likely N-dealkylation sites (N-methyl/N-ethyl adjacent to an activating group) is 1. The lowest BCUT2D eigenvalue weighted by Crippen LogP contribution is -2.32. The Morgan fingerprint density at radius 3 is 2.89 bits per heavy atom. The van der Waals surface area contributed by atoms with Crippen molar-refractivity contribution >= 4 is 23.4 Å². The number of hydrogen-bond acceptors (Lipinski definition) is 5. The Kier molecular flexibility index (Phi) is 5.33. The Hall–Kier alpha value is -1.37. The largest absolute Gasteiger partial charge is 0.478 e. The maximum absolute atomic E-state index is 10.9. The van der Waals surface area contributed by atoms with Gasteiger partial charge in [0.2, 0.25) is 0 Å². The van der Waals surface area contributed by atoms with Gasteiger partial charge in [-0.05, 0) is 6.07 Å². The van der Waals surface area contributed by atoms with Crippen LogP contribution in [-0.4, -0.2) is 54.6 Å². The summed E-state index contributed by atoms with van der Waals surface area (Å²) in [5.41, 5.74) is -0.0188. The van der Waals surface area contributed by atoms with Gasteiger partial charge in [-0.2, -0.15) is 0 Å². The van der Waals surface area contributed by atoms with Crippen molar-refractivity contribution in [2.75, 3.05) is 32.2 Å². The molecular formula is C11H15ClN2O4. The molecule has 7 heteroatoms. The van der Waals surface area contributed by atoms with Crippen molar-refractivity contribution in [3.63, 3.8) is 0 Å². The van der Waals surface area contributed by atoms with Gasteiger partial charge in [-0.25, -0.2) is 9.78 Å². The third kappa shape index (κ3) is 3.83. The summed E-state index contributed by atoms with van der Waals surface area (Å²) in [6.07, 6.45) is 0.602. The zero-order valence-corrected chi connectivity index (χ0v) is 10.9. The SMILES string of the molecule is COCC(O)CN(C)c1cc(C(=O)O)c(Cl)cn1. The predicted molar refractivity (Wildman–Crippen MR) is 67.4 cm³/mol. The number of carboxylic acids is 1. The van der Waals surface area contributed by atoms with E-state index in [0.717, 1.165) is 0 Å². The average molecular weight is 275 g/mol. The summed E-state index contributed by atoms with van der Waals surface area (Å²) in [5, 5.41) is 18.6. The monoisotopic (exact) mass is 274 g/mol. The fraction of sp³-hybridized carbons (Fsp3) is 0.455. The summed E-state index contributed by atoms with van der Waals surface area (Å²) in [7, 11) is 3.19. The molecule has 0 aliphatic rings. The van der Waals surface area contributed by atoms with E-state index in [0.29, 0.717) is 5.82 Å². The number of aliphatic hydroxyl groups is 1. The van der Waals surface area contributed by atoms with Gasteiger partial charge in [0.05, 0.1) is 23.3 Å². The van der Waals surface area contributed by atoms with Gasteiger partial charge in [-0.1, -0.05) is 11.6 Å². The van der Waals surface area contributed by atoms with Crippen molar-refractivity contribution in [2.45, 2.75) is 6.10 Å². The van der Waals surface area contributed by atoms with Crippen molar-refractivity contribution in [1.29, 1.82) is 0 Å². The summed E-state index contributed by atoms with van der Waals surface area (Å²) in [6.45, 7) is 0.477. The molecule has 0 bridgehead atoms. The summed E-state index contributed by atoms with van der Waals surface area (Å²) in [6, 6.07) is 1.37. The van der Waals surface area contributed by atoms with E-state index < -0.39 is 12.1 Å². The Balaban J connectivity index is 2.83. The van der Waals surface area contributed by atoms with Crippen molar-refractivity contribution in [3.8, 4) is 0 Å². The maximum atomic E-state index is 10.9. The second kappa shape index (κ2) is 6.53. The summed E-state index contributed by atoms with van der Waals surface area (Å²) < 4.78 is 4.81. The minimum atomic E-state index is -1.12. The van der Waals surface area contributed by atoms with Gasteiger partial charge >= 0.3 is 5.97 Å². The van der Waals surface area contributed by atoms with Crippen molar-refractivity contribution in [2.24, 2.45) is 0 Å². The number of anilines is 1. The first-order chi connectivity index (χ1) is 8.45. The molecular weight excluding hydrogens is 260 g/mol. The lowest BCUT2D eigenvalue weighted by molar-refractivity contribution is 0.0694. The third-order valence-electron chi connectivity index (χ3n) is 2.31. The van der Waals surface area contributed by atoms with E-state index in [2.05, 4.69) is 4.98 Å². The molecule has 0 aromatic carbocycles. The first kappa shape index (κ1) is 14.7. The van der Waals surface area contributed by atoms with E-state index >= 15 is 0 Å². The topological polar surface area (TPSA) is 82.9 Å². The van der Waals surface area contributed by atoms with Gasteiger partial charge in [0.1, 0.15) is 5.82 Å². The van der Waals surface area contributed by atoms with Crippen LogP contribution < -0.4 is 4.90 Å². The molecule has 0 aliphatic heterocycles. The number of aliphatic hydroxyl groups excluding tert-OH is 1. The normalized spacial score (nSPS) is 12.2. The van der Waals surface area contributed by atoms with Crippen LogP contribution in [0.4, 0.5) is 5.82 Å². The van der Waals surface area contributed by atoms with Crippen LogP contribution in [0.1, 0.15) is 10.4 Å². The lowest BCUT2D eigenvalue weighted by Gasteiger charge is -2.21. The minimum absolute atomic E-state index is 0.0188. The van der Waals surface area contributed by atoms with Crippen LogP contribution in [0.5, 0.6) is 0 Å². The van der Waals surface area contributed by atoms with Crippen LogP contribution in [0.15, 0.2) is 12.3 Å². The molecule has 1 heterocycles. The number of carbonyl (C=O) groups is 1. The maximum Gasteiger partial charge on any atom is 0.337 e. The van der Waals surface area contributed by atoms with Crippen molar-refractivity contribution in [1.82, 2.24) is 4.98 Å². The first-order valence-corrected chi connectivity index (χ1v) is 5.60. The van der Waals surface area contributed by atoms with E-state index in [4.69, 9.17) is 21.4 Å². The minimum Gasteiger partial charge on any atom is -0.478 e. The zero-order chi connectivity index (χ0) is 13.7. The van der Waals surface area contributed by atoms with Gasteiger partial charge in [-0.3, -0.25) is 0 Å². The van der Waals surface area contributed by atoms with Crippen LogP contribution in [0.25, 0.3) is 0 Å². The van der Waals surface area contributed by atoms with Gasteiger partial charge in [0, 0.05) is 26.9 Å². The smallest absolute Gasteiger partial charge is 0.337 e. The van der Waals surface area contributed by atoms with Crippen LogP contribution in [-0.2, 0) is 4.74 Å². The fourth-order valence-corrected chi connectivity index (χ4v) is 1.64. The average Bonchev–Trinajstić information content (AvgIpc) is 2.29. The third-order valence-corrected chi connectivity index (χ3v) is 2.61. The molecule has 0 fully saturated rings. The van der Waals surface area contributed by atoms with E-state index in [1.807, 2.05) is 0 Å². The Morgan fingerprint density at radius 2 is 2.33 bits per heavy atom. The number of aromatic carboxylic acids is 1. The molecule has 0 saturated carbocycles. The molecule has 6 nitrogen and oxygen atoms in total. The molecule has 1 rings (SSSR count). The summed E-state index contributed by atoms with van der Waals surface area (Å²) in [5.74, 6) is -0.693. The highest BCUT2D eigenvalue weighted by molar-refractivity contribution is 6.33. The van der Waals surface area contributed by atoms with Crippen LogP contribution in [0.3, 0.4) is 0 Å². The van der Waals surface area contributed by atoms with Gasteiger partial charge < -0.3 is 19.8 Å². The van der Waals surface area contributed by atoms with Gasteiger partial charge in [-0.15, -0.1) is 0 Å². The Bertz CT molecular complexity index is 428. The molecule has 0 aliphatic carbocycles. The molecule has 18 heavy (non-hydrogen) atoms. The molecule has 100 valence electrons. The summed E-state index contributed by atoms with van der Waals surface area (Å²) >= 11 is 5.72. The molecule has 1 atom stereocenters. The van der Waals surface area contributed by atoms with Crippen LogP contribution in [0.2, 0.25) is 5.02 Å². The molecule has 0 amide bonds. The second-order valence-corrected chi connectivity index (χ2v) is 4.22. The molecule has 0 saturated heterocycles. The van der Waals surface area contributed by atoms with Crippen LogP contribution >= 0.6 is 11.6 Å². The number of rotatable bonds is 6. The van der Waals surface area contributed by atoms with Gasteiger partial charge in [0.15, 0.2) is 0 Å². The second-order valence-electron chi connectivity index (χ2n) is 3.82. The number of methoxy groups -OCH3 is 1. The lowest BCUT2D eigenvalue weighted by atomic mass is 10.2. The van der Waals surface area contributed by atoms with Gasteiger partial charge in [0.25, 0.3) is 0 Å². The zero-order valence-electron chi connectivity index (χ0n) is 10.1. The standard InChI is InChI=1S/C11H15ClN2O4/c1-14(5-7(15)6-18-2)10-3-8(11(16)17)9(12)4-13-10/h3-4,7,15H,5-6H2,1-2H3,(H,16,17). The molecule has 2 N–H and O–H groups in total. The number of halogens is 1. The highest BCUT2D eigenvalue weighted by atomic mass is 35.5. The number of carboxylic acid groups (broad SMARTS) is 1. The van der Waals surface area contributed by atoms with Crippen molar-refractivity contribution in [3.05, 3.63) is 22.8 Å². The van der Waals surface area contributed by atoms with E-state index in [9.17, 15) is 9.90 Å². The number of nitrogens with zero attached hydrogens (tertiary/aromatic N) is 2. The highest BCUT2D eigenvalue weighted by Gasteiger charge is 2.14. The number of ether oxygens (including phenoxy) is 1. The Morgan fingerprint density at radius 1 is 1.67 bits per heavy atom. The number of pyridine rings is 1. The first-order valence-electron chi connectivity index (χ1n) is 5.22. The summed E-state index contributed by atoms with van der Waals surface area (Å²) in [4.78, 5) is 16.6. The number of hydrogen-bond donors (Lipinski definition) is 2. The molecule has 0 radical (unpaired) electrons. The molecule has 1 aromatic rings.